The van der Waals surface area contributed by atoms with E-state index in [9.17, 15) is 4.79 Å². The van der Waals surface area contributed by atoms with Gasteiger partial charge in [-0.25, -0.2) is 0 Å². The summed E-state index contributed by atoms with van der Waals surface area (Å²) in [5.74, 6) is 0.242. The second-order valence-electron chi connectivity index (χ2n) is 6.01. The standard InChI is InChI=1S/C18H29N3O/c1-3-12-21(17-10-11-19-13-17)15-18(22)20(4-2)14-16-8-6-5-7-9-16/h5-9,17,19H,3-4,10-15H2,1-2H3. The zero-order valence-electron chi connectivity index (χ0n) is 13.9. The number of nitrogens with zero attached hydrogens (tertiary/aromatic N) is 2. The van der Waals surface area contributed by atoms with Crippen LogP contribution in [0.2, 0.25) is 0 Å². The fourth-order valence-corrected chi connectivity index (χ4v) is 3.08. The molecule has 0 spiro atoms. The molecule has 1 atom stereocenters. The van der Waals surface area contributed by atoms with E-state index in [1.54, 1.807) is 0 Å². The highest BCUT2D eigenvalue weighted by molar-refractivity contribution is 5.78. The molecular formula is C18H29N3O. The Morgan fingerprint density at radius 3 is 2.64 bits per heavy atom. The Kier molecular flexibility index (Phi) is 6.87. The van der Waals surface area contributed by atoms with Gasteiger partial charge in [-0.1, -0.05) is 37.3 Å². The zero-order valence-corrected chi connectivity index (χ0v) is 13.9. The van der Waals surface area contributed by atoms with Gasteiger partial charge in [0.15, 0.2) is 0 Å². The van der Waals surface area contributed by atoms with E-state index in [0.717, 1.165) is 39.0 Å². The van der Waals surface area contributed by atoms with Gasteiger partial charge in [0.1, 0.15) is 0 Å². The molecule has 0 radical (unpaired) electrons. The summed E-state index contributed by atoms with van der Waals surface area (Å²) >= 11 is 0. The first-order chi connectivity index (χ1) is 10.7. The molecule has 4 heteroatoms. The van der Waals surface area contributed by atoms with Crippen molar-refractivity contribution in [2.75, 3.05) is 32.7 Å². The van der Waals surface area contributed by atoms with Gasteiger partial charge in [-0.15, -0.1) is 0 Å². The SMILES string of the molecule is CCCN(CC(=O)N(CC)Cc1ccccc1)C1CCNC1. The minimum Gasteiger partial charge on any atom is -0.338 e. The summed E-state index contributed by atoms with van der Waals surface area (Å²) in [5.41, 5.74) is 1.20. The van der Waals surface area contributed by atoms with Gasteiger partial charge in [0.25, 0.3) is 0 Å². The minimum absolute atomic E-state index is 0.242. The maximum atomic E-state index is 12.7. The monoisotopic (exact) mass is 303 g/mol. The number of hydrogen-bond donors (Lipinski definition) is 1. The Bertz CT molecular complexity index is 443. The van der Waals surface area contributed by atoms with Crippen molar-refractivity contribution in [3.63, 3.8) is 0 Å². The third-order valence-electron chi connectivity index (χ3n) is 4.35. The highest BCUT2D eigenvalue weighted by atomic mass is 16.2. The van der Waals surface area contributed by atoms with Crippen molar-refractivity contribution in [1.82, 2.24) is 15.1 Å². The van der Waals surface area contributed by atoms with Crippen LogP contribution in [0.25, 0.3) is 0 Å². The van der Waals surface area contributed by atoms with E-state index in [4.69, 9.17) is 0 Å². The van der Waals surface area contributed by atoms with Crippen LogP contribution in [-0.2, 0) is 11.3 Å². The molecule has 1 heterocycles. The first-order valence-electron chi connectivity index (χ1n) is 8.51. The minimum atomic E-state index is 0.242. The molecule has 1 aliphatic heterocycles. The van der Waals surface area contributed by atoms with Gasteiger partial charge in [0.05, 0.1) is 6.54 Å². The van der Waals surface area contributed by atoms with Crippen LogP contribution in [0.3, 0.4) is 0 Å². The van der Waals surface area contributed by atoms with Crippen LogP contribution in [0.5, 0.6) is 0 Å². The van der Waals surface area contributed by atoms with Crippen molar-refractivity contribution in [2.24, 2.45) is 0 Å². The van der Waals surface area contributed by atoms with Crippen LogP contribution < -0.4 is 5.32 Å². The van der Waals surface area contributed by atoms with E-state index in [-0.39, 0.29) is 5.91 Å². The molecule has 1 aromatic rings. The maximum absolute atomic E-state index is 12.7. The summed E-state index contributed by atoms with van der Waals surface area (Å²) in [6.07, 6.45) is 2.24. The Labute approximate surface area is 134 Å². The molecule has 1 N–H and O–H groups in total. The molecule has 0 saturated carbocycles. The highest BCUT2D eigenvalue weighted by Gasteiger charge is 2.25. The maximum Gasteiger partial charge on any atom is 0.237 e. The average Bonchev–Trinajstić information content (AvgIpc) is 3.07. The number of carbonyl (C=O) groups is 1. The normalized spacial score (nSPS) is 17.9. The van der Waals surface area contributed by atoms with E-state index >= 15 is 0 Å². The second kappa shape index (κ2) is 8.91. The molecule has 4 nitrogen and oxygen atoms in total. The highest BCUT2D eigenvalue weighted by Crippen LogP contribution is 2.11. The molecule has 0 aliphatic carbocycles. The van der Waals surface area contributed by atoms with Gasteiger partial charge in [0, 0.05) is 25.7 Å². The molecule has 1 amide bonds. The molecule has 122 valence electrons. The van der Waals surface area contributed by atoms with Gasteiger partial charge in [-0.3, -0.25) is 9.69 Å². The molecular weight excluding hydrogens is 274 g/mol. The van der Waals surface area contributed by atoms with Crippen molar-refractivity contribution in [3.8, 4) is 0 Å². The summed E-state index contributed by atoms with van der Waals surface area (Å²) in [7, 11) is 0. The molecule has 22 heavy (non-hydrogen) atoms. The second-order valence-corrected chi connectivity index (χ2v) is 6.01. The third-order valence-corrected chi connectivity index (χ3v) is 4.35. The van der Waals surface area contributed by atoms with Crippen molar-refractivity contribution >= 4 is 5.91 Å². The lowest BCUT2D eigenvalue weighted by molar-refractivity contribution is -0.133. The summed E-state index contributed by atoms with van der Waals surface area (Å²) in [4.78, 5) is 17.0. The Hall–Kier alpha value is -1.39. The molecule has 0 aromatic heterocycles. The Morgan fingerprint density at radius 2 is 2.05 bits per heavy atom. The number of rotatable bonds is 8. The predicted molar refractivity (Wildman–Crippen MR) is 90.7 cm³/mol. The summed E-state index contributed by atoms with van der Waals surface area (Å²) < 4.78 is 0. The number of amides is 1. The van der Waals surface area contributed by atoms with E-state index in [1.807, 2.05) is 23.1 Å². The smallest absolute Gasteiger partial charge is 0.237 e. The first kappa shape index (κ1) is 17.0. The van der Waals surface area contributed by atoms with Crippen molar-refractivity contribution in [1.29, 1.82) is 0 Å². The van der Waals surface area contributed by atoms with Gasteiger partial charge >= 0.3 is 0 Å². The fraction of sp³-hybridized carbons (Fsp3) is 0.611. The summed E-state index contributed by atoms with van der Waals surface area (Å²) in [6.45, 7) is 9.33. The lowest BCUT2D eigenvalue weighted by Crippen LogP contribution is -2.45. The summed E-state index contributed by atoms with van der Waals surface area (Å²) in [5, 5.41) is 3.40. The quantitative estimate of drug-likeness (QED) is 0.799. The van der Waals surface area contributed by atoms with Crippen LogP contribution >= 0.6 is 0 Å². The van der Waals surface area contributed by atoms with Gasteiger partial charge in [-0.2, -0.15) is 0 Å². The predicted octanol–water partition coefficient (Wildman–Crippen LogP) is 2.11. The third kappa shape index (κ3) is 4.82. The van der Waals surface area contributed by atoms with E-state index in [1.165, 1.54) is 5.56 Å². The summed E-state index contributed by atoms with van der Waals surface area (Å²) in [6, 6.07) is 10.8. The molecule has 1 aliphatic rings. The molecule has 0 bridgehead atoms. The van der Waals surface area contributed by atoms with Crippen LogP contribution in [0.4, 0.5) is 0 Å². The van der Waals surface area contributed by atoms with E-state index in [2.05, 4.69) is 36.2 Å². The van der Waals surface area contributed by atoms with Gasteiger partial charge < -0.3 is 10.2 Å². The molecule has 1 saturated heterocycles. The Balaban J connectivity index is 1.94. The van der Waals surface area contributed by atoms with Gasteiger partial charge in [0.2, 0.25) is 5.91 Å². The first-order valence-corrected chi connectivity index (χ1v) is 8.51. The molecule has 2 rings (SSSR count). The number of carbonyl (C=O) groups excluding carboxylic acids is 1. The Morgan fingerprint density at radius 1 is 1.27 bits per heavy atom. The topological polar surface area (TPSA) is 35.6 Å². The number of hydrogen-bond acceptors (Lipinski definition) is 3. The fourth-order valence-electron chi connectivity index (χ4n) is 3.08. The number of nitrogens with one attached hydrogen (secondary N) is 1. The van der Waals surface area contributed by atoms with Crippen molar-refractivity contribution < 1.29 is 4.79 Å². The molecule has 1 unspecified atom stereocenters. The van der Waals surface area contributed by atoms with Gasteiger partial charge in [-0.05, 0) is 38.4 Å². The molecule has 1 aromatic carbocycles. The van der Waals surface area contributed by atoms with E-state index in [0.29, 0.717) is 19.1 Å². The van der Waals surface area contributed by atoms with Crippen LogP contribution in [0.15, 0.2) is 30.3 Å². The number of benzene rings is 1. The lowest BCUT2D eigenvalue weighted by Gasteiger charge is -2.30. The number of likely N-dealkylation sites (N-methyl/N-ethyl adjacent to an activating group) is 1. The van der Waals surface area contributed by atoms with Crippen LogP contribution in [-0.4, -0.2) is 54.5 Å². The molecule has 1 fully saturated rings. The van der Waals surface area contributed by atoms with Crippen LogP contribution in [0, 0.1) is 0 Å². The average molecular weight is 303 g/mol. The van der Waals surface area contributed by atoms with Crippen molar-refractivity contribution in [2.45, 2.75) is 39.3 Å². The van der Waals surface area contributed by atoms with Crippen molar-refractivity contribution in [3.05, 3.63) is 35.9 Å². The lowest BCUT2D eigenvalue weighted by atomic mass is 10.2. The largest absolute Gasteiger partial charge is 0.338 e. The van der Waals surface area contributed by atoms with E-state index < -0.39 is 0 Å². The zero-order chi connectivity index (χ0) is 15.8. The van der Waals surface area contributed by atoms with Crippen LogP contribution in [0.1, 0.15) is 32.3 Å².